The Hall–Kier alpha value is -1.64. The third kappa shape index (κ3) is 2.07. The minimum Gasteiger partial charge on any atom is -0.289 e. The quantitative estimate of drug-likeness (QED) is 0.804. The van der Waals surface area contributed by atoms with E-state index >= 15 is 0 Å². The largest absolute Gasteiger partial charge is 0.289 e. The number of fused-ring (bicyclic) bond motifs is 1. The van der Waals surface area contributed by atoms with Crippen molar-refractivity contribution in [3.8, 4) is 0 Å². The zero-order valence-electron chi connectivity index (χ0n) is 11.3. The van der Waals surface area contributed by atoms with Gasteiger partial charge < -0.3 is 0 Å². The van der Waals surface area contributed by atoms with Crippen LogP contribution in [0.4, 0.5) is 0 Å². The van der Waals surface area contributed by atoms with Gasteiger partial charge in [-0.2, -0.15) is 5.10 Å². The number of hydrogen-bond donors (Lipinski definition) is 0. The van der Waals surface area contributed by atoms with Gasteiger partial charge >= 0.3 is 0 Å². The van der Waals surface area contributed by atoms with E-state index in [4.69, 9.17) is 10.1 Å². The first-order valence-electron chi connectivity index (χ1n) is 7.32. The molecule has 0 N–H and O–H groups in total. The fourth-order valence-corrected chi connectivity index (χ4v) is 2.80. The van der Waals surface area contributed by atoms with Gasteiger partial charge in [-0.15, -0.1) is 0 Å². The summed E-state index contributed by atoms with van der Waals surface area (Å²) < 4.78 is 2.14. The molecule has 1 aromatic heterocycles. The molecule has 1 unspecified atom stereocenters. The van der Waals surface area contributed by atoms with Crippen molar-refractivity contribution in [2.45, 2.75) is 38.6 Å². The highest BCUT2D eigenvalue weighted by Crippen LogP contribution is 2.35. The monoisotopic (exact) mass is 253 g/mol. The van der Waals surface area contributed by atoms with E-state index in [1.807, 2.05) is 0 Å². The summed E-state index contributed by atoms with van der Waals surface area (Å²) in [6.45, 7) is 3.25. The molecule has 3 nitrogen and oxygen atoms in total. The lowest BCUT2D eigenvalue weighted by Gasteiger charge is -2.17. The van der Waals surface area contributed by atoms with Gasteiger partial charge in [-0.3, -0.25) is 9.67 Å². The molecule has 2 aliphatic rings. The summed E-state index contributed by atoms with van der Waals surface area (Å²) >= 11 is 0. The maximum absolute atomic E-state index is 4.72. The van der Waals surface area contributed by atoms with Gasteiger partial charge in [0.15, 0.2) is 0 Å². The molecule has 1 saturated carbocycles. The Labute approximate surface area is 113 Å². The van der Waals surface area contributed by atoms with Crippen molar-refractivity contribution in [1.82, 2.24) is 9.78 Å². The van der Waals surface area contributed by atoms with Crippen LogP contribution < -0.4 is 0 Å². The third-order valence-corrected chi connectivity index (χ3v) is 4.25. The second-order valence-electron chi connectivity index (χ2n) is 6.05. The molecular weight excluding hydrogens is 234 g/mol. The molecule has 1 atom stereocenters. The average molecular weight is 253 g/mol. The van der Waals surface area contributed by atoms with Crippen molar-refractivity contribution < 1.29 is 0 Å². The molecule has 0 bridgehead atoms. The zero-order chi connectivity index (χ0) is 12.8. The average Bonchev–Trinajstić information content (AvgIpc) is 3.19. The Morgan fingerprint density at radius 1 is 1.21 bits per heavy atom. The number of benzene rings is 1. The van der Waals surface area contributed by atoms with E-state index in [9.17, 15) is 0 Å². The summed E-state index contributed by atoms with van der Waals surface area (Å²) in [5.74, 6) is 0.738. The number of aliphatic imine (C=N–C) groups is 1. The first-order valence-corrected chi connectivity index (χ1v) is 7.32. The Morgan fingerprint density at radius 3 is 2.84 bits per heavy atom. The van der Waals surface area contributed by atoms with E-state index in [0.717, 1.165) is 24.4 Å². The van der Waals surface area contributed by atoms with Crippen molar-refractivity contribution in [2.24, 2.45) is 10.9 Å². The second-order valence-corrected chi connectivity index (χ2v) is 6.05. The van der Waals surface area contributed by atoms with Crippen LogP contribution in [-0.4, -0.2) is 22.0 Å². The molecule has 0 saturated heterocycles. The SMILES string of the molecule is CC1CCC(c2ccc3cn(C4CC4)nc3c2)=NC1. The molecule has 1 aromatic carbocycles. The second kappa shape index (κ2) is 4.19. The number of rotatable bonds is 2. The van der Waals surface area contributed by atoms with Crippen LogP contribution in [0.2, 0.25) is 0 Å². The van der Waals surface area contributed by atoms with Crippen LogP contribution in [0.15, 0.2) is 29.4 Å². The van der Waals surface area contributed by atoms with E-state index in [-0.39, 0.29) is 0 Å². The van der Waals surface area contributed by atoms with Gasteiger partial charge in [0.2, 0.25) is 0 Å². The van der Waals surface area contributed by atoms with Crippen LogP contribution in [0.5, 0.6) is 0 Å². The van der Waals surface area contributed by atoms with Gasteiger partial charge in [-0.05, 0) is 43.2 Å². The summed E-state index contributed by atoms with van der Waals surface area (Å²) in [6.07, 6.45) is 7.11. The lowest BCUT2D eigenvalue weighted by atomic mass is 9.95. The fourth-order valence-electron chi connectivity index (χ4n) is 2.80. The smallest absolute Gasteiger partial charge is 0.0930 e. The van der Waals surface area contributed by atoms with Crippen LogP contribution in [0, 0.1) is 5.92 Å². The lowest BCUT2D eigenvalue weighted by Crippen LogP contribution is -2.14. The molecule has 2 aromatic rings. The van der Waals surface area contributed by atoms with Crippen LogP contribution in [0.3, 0.4) is 0 Å². The van der Waals surface area contributed by atoms with Gasteiger partial charge in [0.05, 0.1) is 11.6 Å². The predicted octanol–water partition coefficient (Wildman–Crippen LogP) is 3.59. The lowest BCUT2D eigenvalue weighted by molar-refractivity contribution is 0.538. The van der Waals surface area contributed by atoms with Crippen molar-refractivity contribution in [1.29, 1.82) is 0 Å². The topological polar surface area (TPSA) is 30.2 Å². The minimum atomic E-state index is 0.656. The van der Waals surface area contributed by atoms with Gasteiger partial charge in [0.25, 0.3) is 0 Å². The van der Waals surface area contributed by atoms with Crippen LogP contribution in [0.25, 0.3) is 10.9 Å². The van der Waals surface area contributed by atoms with Gasteiger partial charge in [0.1, 0.15) is 0 Å². The number of nitrogens with zero attached hydrogens (tertiary/aromatic N) is 3. The highest BCUT2D eigenvalue weighted by atomic mass is 15.3. The molecule has 1 fully saturated rings. The summed E-state index contributed by atoms with van der Waals surface area (Å²) in [5.41, 5.74) is 3.65. The molecule has 2 heterocycles. The fraction of sp³-hybridized carbons (Fsp3) is 0.500. The van der Waals surface area contributed by atoms with Crippen molar-refractivity contribution in [3.63, 3.8) is 0 Å². The minimum absolute atomic E-state index is 0.656. The number of aromatic nitrogens is 2. The van der Waals surface area contributed by atoms with Gasteiger partial charge in [-0.1, -0.05) is 19.1 Å². The van der Waals surface area contributed by atoms with E-state index in [1.165, 1.54) is 35.9 Å². The maximum Gasteiger partial charge on any atom is 0.0930 e. The molecule has 1 aliphatic carbocycles. The molecule has 0 spiro atoms. The summed E-state index contributed by atoms with van der Waals surface area (Å²) in [7, 11) is 0. The molecule has 4 rings (SSSR count). The zero-order valence-corrected chi connectivity index (χ0v) is 11.3. The van der Waals surface area contributed by atoms with Gasteiger partial charge in [-0.25, -0.2) is 0 Å². The van der Waals surface area contributed by atoms with Crippen LogP contribution in [0.1, 0.15) is 44.2 Å². The summed E-state index contributed by atoms with van der Waals surface area (Å²) in [5, 5.41) is 5.96. The molecule has 98 valence electrons. The van der Waals surface area contributed by atoms with E-state index in [0.29, 0.717) is 6.04 Å². The van der Waals surface area contributed by atoms with E-state index in [1.54, 1.807) is 0 Å². The van der Waals surface area contributed by atoms with Crippen molar-refractivity contribution in [2.75, 3.05) is 6.54 Å². The van der Waals surface area contributed by atoms with E-state index < -0.39 is 0 Å². The first kappa shape index (κ1) is 11.2. The van der Waals surface area contributed by atoms with Crippen molar-refractivity contribution in [3.05, 3.63) is 30.0 Å². The summed E-state index contributed by atoms with van der Waals surface area (Å²) in [4.78, 5) is 4.72. The first-order chi connectivity index (χ1) is 9.29. The molecule has 0 radical (unpaired) electrons. The van der Waals surface area contributed by atoms with Crippen LogP contribution >= 0.6 is 0 Å². The normalized spacial score (nSPS) is 23.6. The molecule has 3 heteroatoms. The predicted molar refractivity (Wildman–Crippen MR) is 77.8 cm³/mol. The third-order valence-electron chi connectivity index (χ3n) is 4.25. The molecule has 0 amide bonds. The Balaban J connectivity index is 1.70. The highest BCUT2D eigenvalue weighted by Gasteiger charge is 2.24. The molecule has 1 aliphatic heterocycles. The highest BCUT2D eigenvalue weighted by molar-refractivity contribution is 6.03. The van der Waals surface area contributed by atoms with Crippen molar-refractivity contribution >= 4 is 16.6 Å². The maximum atomic E-state index is 4.72. The summed E-state index contributed by atoms with van der Waals surface area (Å²) in [6, 6.07) is 7.26. The molecule has 19 heavy (non-hydrogen) atoms. The number of hydrogen-bond acceptors (Lipinski definition) is 2. The Bertz CT molecular complexity index is 649. The van der Waals surface area contributed by atoms with Crippen LogP contribution in [-0.2, 0) is 0 Å². The van der Waals surface area contributed by atoms with Gasteiger partial charge in [0, 0.05) is 23.8 Å². The molecular formula is C16H19N3. The van der Waals surface area contributed by atoms with E-state index in [2.05, 4.69) is 36.0 Å². The Morgan fingerprint density at radius 2 is 2.11 bits per heavy atom. The Kier molecular flexibility index (Phi) is 2.47. The standard InChI is InChI=1S/C16H19N3/c1-11-2-7-15(17-9-11)12-3-4-13-10-19(14-5-6-14)18-16(13)8-12/h3-4,8,10-11,14H,2,5-7,9H2,1H3.